The summed E-state index contributed by atoms with van der Waals surface area (Å²) < 4.78 is 16.1. The van der Waals surface area contributed by atoms with Crippen LogP contribution in [0.3, 0.4) is 0 Å². The van der Waals surface area contributed by atoms with Crippen LogP contribution in [-0.4, -0.2) is 21.3 Å². The number of nitrogens with one attached hydrogen (secondary N) is 1. The average molecular weight is 355 g/mol. The summed E-state index contributed by atoms with van der Waals surface area (Å²) >= 11 is 3.61. The van der Waals surface area contributed by atoms with Gasteiger partial charge in [0.05, 0.1) is 33.8 Å². The second-order valence-electron chi connectivity index (χ2n) is 4.88. The van der Waals surface area contributed by atoms with E-state index in [2.05, 4.69) is 38.3 Å². The predicted octanol–water partition coefficient (Wildman–Crippen LogP) is 3.40. The third-order valence-electron chi connectivity index (χ3n) is 3.41. The molecule has 1 N–H and O–H groups in total. The van der Waals surface area contributed by atoms with E-state index in [0.717, 1.165) is 41.1 Å². The van der Waals surface area contributed by atoms with Gasteiger partial charge >= 0.3 is 0 Å². The van der Waals surface area contributed by atoms with Crippen molar-refractivity contribution in [2.75, 3.05) is 6.54 Å². The summed E-state index contributed by atoms with van der Waals surface area (Å²) in [6.45, 7) is 7.74. The molecule has 1 atom stereocenters. The summed E-state index contributed by atoms with van der Waals surface area (Å²) in [5, 5.41) is 7.92. The number of pyridine rings is 1. The molecule has 0 fully saturated rings. The summed E-state index contributed by atoms with van der Waals surface area (Å²) in [4.78, 5) is 4.20. The molecule has 2 heterocycles. The molecule has 0 amide bonds. The van der Waals surface area contributed by atoms with Crippen LogP contribution in [0.4, 0.5) is 4.39 Å². The van der Waals surface area contributed by atoms with Crippen molar-refractivity contribution in [3.8, 4) is 0 Å². The molecule has 1 unspecified atom stereocenters. The van der Waals surface area contributed by atoms with Crippen LogP contribution in [0.2, 0.25) is 0 Å². The number of likely N-dealkylation sites (N-methyl/N-ethyl adjacent to an activating group) is 1. The standard InChI is InChI=1S/C15H20BrFN4/c1-4-18-13(12-7-6-11(17)9-19-12)8-14-15(16)10(3)20-21(14)5-2/h6-7,9,13,18H,4-5,8H2,1-3H3. The minimum atomic E-state index is -0.315. The first kappa shape index (κ1) is 16.1. The number of nitrogens with zero attached hydrogens (tertiary/aromatic N) is 3. The monoisotopic (exact) mass is 354 g/mol. The van der Waals surface area contributed by atoms with Crippen LogP contribution in [-0.2, 0) is 13.0 Å². The summed E-state index contributed by atoms with van der Waals surface area (Å²) in [7, 11) is 0. The fourth-order valence-corrected chi connectivity index (χ4v) is 2.82. The Balaban J connectivity index is 2.30. The van der Waals surface area contributed by atoms with Gasteiger partial charge in [-0.3, -0.25) is 9.67 Å². The van der Waals surface area contributed by atoms with Gasteiger partial charge in [0, 0.05) is 13.0 Å². The first-order valence-electron chi connectivity index (χ1n) is 7.13. The molecule has 0 aliphatic carbocycles. The molecule has 4 nitrogen and oxygen atoms in total. The lowest BCUT2D eigenvalue weighted by atomic mass is 10.1. The molecule has 21 heavy (non-hydrogen) atoms. The Bertz CT molecular complexity index is 594. The van der Waals surface area contributed by atoms with E-state index >= 15 is 0 Å². The van der Waals surface area contributed by atoms with Gasteiger partial charge < -0.3 is 5.32 Å². The van der Waals surface area contributed by atoms with Crippen LogP contribution in [0, 0.1) is 12.7 Å². The lowest BCUT2D eigenvalue weighted by molar-refractivity contribution is 0.503. The molecule has 2 aromatic heterocycles. The Kier molecular flexibility index (Phi) is 5.47. The number of aromatic nitrogens is 3. The van der Waals surface area contributed by atoms with E-state index in [-0.39, 0.29) is 11.9 Å². The zero-order valence-corrected chi connectivity index (χ0v) is 14.1. The quantitative estimate of drug-likeness (QED) is 0.864. The number of rotatable bonds is 6. The summed E-state index contributed by atoms with van der Waals surface area (Å²) in [5.74, 6) is -0.315. The third-order valence-corrected chi connectivity index (χ3v) is 4.44. The van der Waals surface area contributed by atoms with E-state index < -0.39 is 0 Å². The lowest BCUT2D eigenvalue weighted by Crippen LogP contribution is -2.25. The smallest absolute Gasteiger partial charge is 0.141 e. The number of hydrogen-bond donors (Lipinski definition) is 1. The second kappa shape index (κ2) is 7.13. The van der Waals surface area contributed by atoms with E-state index in [1.807, 2.05) is 18.5 Å². The Morgan fingerprint density at radius 2 is 2.14 bits per heavy atom. The molecule has 0 aliphatic heterocycles. The van der Waals surface area contributed by atoms with Crippen LogP contribution in [0.1, 0.15) is 37.0 Å². The minimum Gasteiger partial charge on any atom is -0.309 e. The van der Waals surface area contributed by atoms with E-state index in [1.165, 1.54) is 12.3 Å². The number of aryl methyl sites for hydroxylation is 2. The predicted molar refractivity (Wildman–Crippen MR) is 84.7 cm³/mol. The van der Waals surface area contributed by atoms with Crippen molar-refractivity contribution in [2.45, 2.75) is 39.8 Å². The molecule has 0 aromatic carbocycles. The summed E-state index contributed by atoms with van der Waals surface area (Å²) in [5.41, 5.74) is 2.95. The zero-order chi connectivity index (χ0) is 15.4. The highest BCUT2D eigenvalue weighted by molar-refractivity contribution is 9.10. The SMILES string of the molecule is CCNC(Cc1c(Br)c(C)nn1CC)c1ccc(F)cn1. The maximum atomic E-state index is 13.0. The van der Waals surface area contributed by atoms with Crippen molar-refractivity contribution < 1.29 is 4.39 Å². The Hall–Kier alpha value is -1.27. The van der Waals surface area contributed by atoms with Crippen molar-refractivity contribution in [3.63, 3.8) is 0 Å². The molecule has 2 aromatic rings. The van der Waals surface area contributed by atoms with E-state index in [1.54, 1.807) is 6.07 Å². The van der Waals surface area contributed by atoms with Gasteiger partial charge in [0.1, 0.15) is 5.82 Å². The van der Waals surface area contributed by atoms with Crippen molar-refractivity contribution in [3.05, 3.63) is 45.7 Å². The van der Waals surface area contributed by atoms with Crippen LogP contribution >= 0.6 is 15.9 Å². The van der Waals surface area contributed by atoms with Crippen molar-refractivity contribution >= 4 is 15.9 Å². The molecule has 0 spiro atoms. The van der Waals surface area contributed by atoms with Gasteiger partial charge in [0.15, 0.2) is 0 Å². The van der Waals surface area contributed by atoms with Crippen LogP contribution in [0.15, 0.2) is 22.8 Å². The highest BCUT2D eigenvalue weighted by Gasteiger charge is 2.19. The largest absolute Gasteiger partial charge is 0.309 e. The van der Waals surface area contributed by atoms with E-state index in [9.17, 15) is 4.39 Å². The van der Waals surface area contributed by atoms with E-state index in [0.29, 0.717) is 0 Å². The fraction of sp³-hybridized carbons (Fsp3) is 0.467. The molecule has 0 radical (unpaired) electrons. The second-order valence-corrected chi connectivity index (χ2v) is 5.67. The molecule has 0 bridgehead atoms. The molecule has 0 saturated heterocycles. The zero-order valence-electron chi connectivity index (χ0n) is 12.5. The van der Waals surface area contributed by atoms with Crippen molar-refractivity contribution in [2.24, 2.45) is 0 Å². The number of hydrogen-bond acceptors (Lipinski definition) is 3. The molecular weight excluding hydrogens is 335 g/mol. The van der Waals surface area contributed by atoms with Gasteiger partial charge in [-0.1, -0.05) is 6.92 Å². The highest BCUT2D eigenvalue weighted by Crippen LogP contribution is 2.26. The fourth-order valence-electron chi connectivity index (χ4n) is 2.38. The van der Waals surface area contributed by atoms with E-state index in [4.69, 9.17) is 0 Å². The van der Waals surface area contributed by atoms with Gasteiger partial charge in [-0.05, 0) is 48.5 Å². The molecule has 0 saturated carbocycles. The van der Waals surface area contributed by atoms with Crippen LogP contribution in [0.25, 0.3) is 0 Å². The van der Waals surface area contributed by atoms with Crippen molar-refractivity contribution in [1.29, 1.82) is 0 Å². The Morgan fingerprint density at radius 3 is 2.71 bits per heavy atom. The number of halogens is 2. The Morgan fingerprint density at radius 1 is 1.38 bits per heavy atom. The molecule has 6 heteroatoms. The average Bonchev–Trinajstić information content (AvgIpc) is 2.75. The molecule has 114 valence electrons. The summed E-state index contributed by atoms with van der Waals surface area (Å²) in [6.07, 6.45) is 2.01. The maximum Gasteiger partial charge on any atom is 0.141 e. The highest BCUT2D eigenvalue weighted by atomic mass is 79.9. The maximum absolute atomic E-state index is 13.0. The van der Waals surface area contributed by atoms with Crippen LogP contribution < -0.4 is 5.32 Å². The third kappa shape index (κ3) is 3.68. The van der Waals surface area contributed by atoms with Gasteiger partial charge in [-0.15, -0.1) is 0 Å². The first-order chi connectivity index (χ1) is 10.1. The molecule has 2 rings (SSSR count). The minimum absolute atomic E-state index is 0.0355. The van der Waals surface area contributed by atoms with Crippen LogP contribution in [0.5, 0.6) is 0 Å². The molecular formula is C15H20BrFN4. The first-order valence-corrected chi connectivity index (χ1v) is 7.92. The van der Waals surface area contributed by atoms with Gasteiger partial charge in [0.2, 0.25) is 0 Å². The summed E-state index contributed by atoms with van der Waals surface area (Å²) in [6, 6.07) is 3.22. The van der Waals surface area contributed by atoms with Gasteiger partial charge in [-0.25, -0.2) is 4.39 Å². The normalized spacial score (nSPS) is 12.6. The van der Waals surface area contributed by atoms with Gasteiger partial charge in [0.25, 0.3) is 0 Å². The van der Waals surface area contributed by atoms with Crippen molar-refractivity contribution in [1.82, 2.24) is 20.1 Å². The molecule has 0 aliphatic rings. The Labute approximate surface area is 132 Å². The lowest BCUT2D eigenvalue weighted by Gasteiger charge is -2.18. The van der Waals surface area contributed by atoms with Gasteiger partial charge in [-0.2, -0.15) is 5.10 Å². The topological polar surface area (TPSA) is 42.7 Å².